The fourth-order valence-corrected chi connectivity index (χ4v) is 3.54. The largest absolute Gasteiger partial charge is 0.447 e. The molecule has 0 radical (unpaired) electrons. The summed E-state index contributed by atoms with van der Waals surface area (Å²) < 4.78 is 10.5. The van der Waals surface area contributed by atoms with Crippen LogP contribution in [0.25, 0.3) is 11.4 Å². The molecule has 2 aliphatic heterocycles. The van der Waals surface area contributed by atoms with Gasteiger partial charge in [-0.15, -0.1) is 0 Å². The van der Waals surface area contributed by atoms with Crippen LogP contribution >= 0.6 is 0 Å². The number of piperidine rings is 1. The lowest BCUT2D eigenvalue weighted by atomic mass is 9.97. The lowest BCUT2D eigenvalue weighted by Crippen LogP contribution is -2.43. The average Bonchev–Trinajstić information content (AvgIpc) is 3.37. The summed E-state index contributed by atoms with van der Waals surface area (Å²) in [6, 6.07) is 7.47. The molecule has 4 rings (SSSR count). The third kappa shape index (κ3) is 3.51. The molecule has 0 spiro atoms. The number of amides is 3. The van der Waals surface area contributed by atoms with Crippen LogP contribution in [0, 0.1) is 0 Å². The topological polar surface area (TPSA) is 92.0 Å². The number of anilines is 1. The van der Waals surface area contributed by atoms with E-state index in [2.05, 4.69) is 10.1 Å². The van der Waals surface area contributed by atoms with Crippen LogP contribution in [0.15, 0.2) is 28.8 Å². The van der Waals surface area contributed by atoms with Crippen molar-refractivity contribution in [3.8, 4) is 11.4 Å². The minimum Gasteiger partial charge on any atom is -0.447 e. The lowest BCUT2D eigenvalue weighted by Gasteiger charge is -2.32. The molecule has 2 aliphatic rings. The van der Waals surface area contributed by atoms with E-state index in [9.17, 15) is 9.59 Å². The van der Waals surface area contributed by atoms with Crippen molar-refractivity contribution in [2.45, 2.75) is 18.8 Å². The van der Waals surface area contributed by atoms with E-state index in [1.165, 1.54) is 0 Å². The van der Waals surface area contributed by atoms with Gasteiger partial charge in [0, 0.05) is 44.4 Å². The number of aromatic nitrogens is 2. The molecule has 0 aliphatic carbocycles. The Morgan fingerprint density at radius 2 is 1.86 bits per heavy atom. The Labute approximate surface area is 162 Å². The summed E-state index contributed by atoms with van der Waals surface area (Å²) in [6.07, 6.45) is 1.28. The van der Waals surface area contributed by atoms with Crippen molar-refractivity contribution in [2.24, 2.45) is 0 Å². The molecule has 9 nitrogen and oxygen atoms in total. The summed E-state index contributed by atoms with van der Waals surface area (Å²) in [6.45, 7) is 2.33. The maximum Gasteiger partial charge on any atom is 0.414 e. The zero-order chi connectivity index (χ0) is 19.7. The number of ether oxygens (including phenoxy) is 1. The Morgan fingerprint density at radius 3 is 2.46 bits per heavy atom. The highest BCUT2D eigenvalue weighted by molar-refractivity contribution is 5.89. The number of likely N-dealkylation sites (tertiary alicyclic amines) is 1. The summed E-state index contributed by atoms with van der Waals surface area (Å²) in [7, 11) is 3.52. The maximum atomic E-state index is 12.0. The lowest BCUT2D eigenvalue weighted by molar-refractivity contribution is 0.152. The van der Waals surface area contributed by atoms with Gasteiger partial charge in [-0.3, -0.25) is 4.90 Å². The monoisotopic (exact) mass is 385 g/mol. The molecule has 1 aromatic heterocycles. The number of carbonyl (C=O) groups excluding carboxylic acids is 2. The summed E-state index contributed by atoms with van der Waals surface area (Å²) in [5.74, 6) is 1.29. The molecule has 9 heteroatoms. The fourth-order valence-electron chi connectivity index (χ4n) is 3.54. The predicted molar refractivity (Wildman–Crippen MR) is 101 cm³/mol. The molecule has 2 fully saturated rings. The maximum absolute atomic E-state index is 12.0. The van der Waals surface area contributed by atoms with Gasteiger partial charge in [0.25, 0.3) is 0 Å². The third-order valence-electron chi connectivity index (χ3n) is 5.14. The molecule has 0 saturated carbocycles. The number of hydrogen-bond acceptors (Lipinski definition) is 6. The van der Waals surface area contributed by atoms with E-state index in [4.69, 9.17) is 9.26 Å². The summed E-state index contributed by atoms with van der Waals surface area (Å²) in [4.78, 5) is 33.3. The first kappa shape index (κ1) is 18.3. The van der Waals surface area contributed by atoms with Crippen LogP contribution in [-0.4, -0.2) is 72.4 Å². The minimum absolute atomic E-state index is 0.0339. The van der Waals surface area contributed by atoms with Gasteiger partial charge in [-0.2, -0.15) is 4.98 Å². The molecule has 3 amide bonds. The van der Waals surface area contributed by atoms with E-state index in [-0.39, 0.29) is 18.0 Å². The van der Waals surface area contributed by atoms with Crippen LogP contribution in [0.3, 0.4) is 0 Å². The van der Waals surface area contributed by atoms with Gasteiger partial charge in [0.05, 0.1) is 6.54 Å². The van der Waals surface area contributed by atoms with Gasteiger partial charge in [0.15, 0.2) is 0 Å². The minimum atomic E-state index is -0.325. The zero-order valence-corrected chi connectivity index (χ0v) is 16.0. The van der Waals surface area contributed by atoms with Gasteiger partial charge in [0.1, 0.15) is 6.61 Å². The van der Waals surface area contributed by atoms with Crippen LogP contribution < -0.4 is 4.90 Å². The Hall–Kier alpha value is -3.10. The van der Waals surface area contributed by atoms with E-state index in [1.54, 1.807) is 23.9 Å². The van der Waals surface area contributed by atoms with Crippen molar-refractivity contribution in [3.05, 3.63) is 30.2 Å². The van der Waals surface area contributed by atoms with Crippen molar-refractivity contribution in [3.63, 3.8) is 0 Å². The van der Waals surface area contributed by atoms with Crippen molar-refractivity contribution in [1.82, 2.24) is 19.9 Å². The molecule has 0 N–H and O–H groups in total. The van der Waals surface area contributed by atoms with Crippen LogP contribution in [0.2, 0.25) is 0 Å². The number of cyclic esters (lactones) is 1. The van der Waals surface area contributed by atoms with Crippen molar-refractivity contribution in [1.29, 1.82) is 0 Å². The Balaban J connectivity index is 1.41. The molecule has 148 valence electrons. The van der Waals surface area contributed by atoms with E-state index in [1.807, 2.05) is 29.2 Å². The quantitative estimate of drug-likeness (QED) is 0.806. The second-order valence-electron chi connectivity index (χ2n) is 7.21. The van der Waals surface area contributed by atoms with Gasteiger partial charge in [-0.05, 0) is 37.1 Å². The first-order valence-corrected chi connectivity index (χ1v) is 9.37. The first-order chi connectivity index (χ1) is 13.5. The van der Waals surface area contributed by atoms with E-state index in [0.29, 0.717) is 38.0 Å². The van der Waals surface area contributed by atoms with Crippen LogP contribution in [0.1, 0.15) is 24.7 Å². The fraction of sp³-hybridized carbons (Fsp3) is 0.474. The average molecular weight is 385 g/mol. The van der Waals surface area contributed by atoms with Crippen LogP contribution in [0.5, 0.6) is 0 Å². The number of nitrogens with zero attached hydrogens (tertiary/aromatic N) is 5. The number of rotatable bonds is 3. The second kappa shape index (κ2) is 7.49. The molecular weight excluding hydrogens is 362 g/mol. The zero-order valence-electron chi connectivity index (χ0n) is 16.0. The van der Waals surface area contributed by atoms with Crippen molar-refractivity contribution < 1.29 is 18.8 Å². The predicted octanol–water partition coefficient (Wildman–Crippen LogP) is 2.55. The first-order valence-electron chi connectivity index (χ1n) is 9.37. The Kier molecular flexibility index (Phi) is 4.89. The van der Waals surface area contributed by atoms with Crippen LogP contribution in [0.4, 0.5) is 15.3 Å². The molecule has 28 heavy (non-hydrogen) atoms. The van der Waals surface area contributed by atoms with Crippen molar-refractivity contribution in [2.75, 3.05) is 45.2 Å². The van der Waals surface area contributed by atoms with Crippen molar-refractivity contribution >= 4 is 17.8 Å². The summed E-state index contributed by atoms with van der Waals surface area (Å²) in [5, 5.41) is 4.11. The van der Waals surface area contributed by atoms with E-state index in [0.717, 1.165) is 24.1 Å². The highest BCUT2D eigenvalue weighted by atomic mass is 16.6. The Morgan fingerprint density at radius 1 is 1.14 bits per heavy atom. The van der Waals surface area contributed by atoms with Gasteiger partial charge >= 0.3 is 12.1 Å². The molecule has 1 aromatic carbocycles. The van der Waals surface area contributed by atoms with Gasteiger partial charge in [0.2, 0.25) is 11.7 Å². The molecule has 2 saturated heterocycles. The van der Waals surface area contributed by atoms with E-state index >= 15 is 0 Å². The normalized spacial score (nSPS) is 17.7. The highest BCUT2D eigenvalue weighted by Gasteiger charge is 2.28. The molecule has 2 aromatic rings. The van der Waals surface area contributed by atoms with Crippen LogP contribution in [-0.2, 0) is 4.74 Å². The third-order valence-corrected chi connectivity index (χ3v) is 5.14. The number of hydrogen-bond donors (Lipinski definition) is 0. The number of carbonyl (C=O) groups is 2. The van der Waals surface area contributed by atoms with E-state index < -0.39 is 0 Å². The van der Waals surface area contributed by atoms with Gasteiger partial charge < -0.3 is 19.1 Å². The Bertz CT molecular complexity index is 855. The standard InChI is InChI=1S/C19H23N5O4/c1-22(2)18(25)23-9-7-14(8-10-23)17-20-16(21-28-17)13-3-5-15(6-4-13)24-11-12-27-19(24)26/h3-6,14H,7-12H2,1-2H3. The second-order valence-corrected chi connectivity index (χ2v) is 7.21. The summed E-state index contributed by atoms with van der Waals surface area (Å²) >= 11 is 0. The smallest absolute Gasteiger partial charge is 0.414 e. The molecule has 0 bridgehead atoms. The molecular formula is C19H23N5O4. The molecule has 3 heterocycles. The molecule has 0 unspecified atom stereocenters. The highest BCUT2D eigenvalue weighted by Crippen LogP contribution is 2.29. The summed E-state index contributed by atoms with van der Waals surface area (Å²) in [5.41, 5.74) is 1.61. The van der Waals surface area contributed by atoms with Gasteiger partial charge in [-0.25, -0.2) is 9.59 Å². The number of urea groups is 1. The molecule has 0 atom stereocenters. The van der Waals surface area contributed by atoms with Gasteiger partial charge in [-0.1, -0.05) is 5.16 Å². The SMILES string of the molecule is CN(C)C(=O)N1CCC(c2nc(-c3ccc(N4CCOC4=O)cc3)no2)CC1. The number of benzene rings is 1.